The van der Waals surface area contributed by atoms with Gasteiger partial charge in [0.25, 0.3) is 5.91 Å². The Balaban J connectivity index is 1.47. The molecule has 1 N–H and O–H groups in total. The van der Waals surface area contributed by atoms with E-state index in [1.165, 1.54) is 6.92 Å². The van der Waals surface area contributed by atoms with Crippen molar-refractivity contribution in [1.29, 1.82) is 0 Å². The SMILES string of the molecule is CC(OC(=O)CCc1nc(-c2ccc(Cl)cc2)no1)C(=O)Nc1ccc(C(F)(F)F)cc1. The van der Waals surface area contributed by atoms with Gasteiger partial charge in [-0.1, -0.05) is 16.8 Å². The first-order chi connectivity index (χ1) is 15.1. The average Bonchev–Trinajstić information content (AvgIpc) is 3.21. The van der Waals surface area contributed by atoms with Gasteiger partial charge in [0.1, 0.15) is 0 Å². The third-order valence-corrected chi connectivity index (χ3v) is 4.52. The number of aromatic nitrogens is 2. The second-order valence-electron chi connectivity index (χ2n) is 6.72. The summed E-state index contributed by atoms with van der Waals surface area (Å²) >= 11 is 5.84. The molecule has 32 heavy (non-hydrogen) atoms. The lowest BCUT2D eigenvalue weighted by Gasteiger charge is -2.14. The van der Waals surface area contributed by atoms with E-state index in [2.05, 4.69) is 15.5 Å². The van der Waals surface area contributed by atoms with Gasteiger partial charge in [0.05, 0.1) is 12.0 Å². The van der Waals surface area contributed by atoms with Gasteiger partial charge < -0.3 is 14.6 Å². The van der Waals surface area contributed by atoms with Gasteiger partial charge in [-0.15, -0.1) is 0 Å². The van der Waals surface area contributed by atoms with Gasteiger partial charge in [0.15, 0.2) is 6.10 Å². The van der Waals surface area contributed by atoms with Crippen LogP contribution in [0.1, 0.15) is 24.8 Å². The van der Waals surface area contributed by atoms with E-state index >= 15 is 0 Å². The summed E-state index contributed by atoms with van der Waals surface area (Å²) in [5, 5.41) is 6.79. The number of carbonyl (C=O) groups excluding carboxylic acids is 2. The number of nitrogens with zero attached hydrogens (tertiary/aromatic N) is 2. The molecule has 0 radical (unpaired) electrons. The number of halogens is 4. The highest BCUT2D eigenvalue weighted by molar-refractivity contribution is 6.30. The number of esters is 1. The number of carbonyl (C=O) groups is 2. The zero-order valence-electron chi connectivity index (χ0n) is 16.6. The maximum atomic E-state index is 12.6. The Morgan fingerprint density at radius 2 is 1.78 bits per heavy atom. The molecule has 0 aliphatic carbocycles. The van der Waals surface area contributed by atoms with E-state index in [0.717, 1.165) is 24.3 Å². The van der Waals surface area contributed by atoms with Crippen molar-refractivity contribution in [2.75, 3.05) is 5.32 Å². The molecule has 1 aromatic heterocycles. The predicted molar refractivity (Wildman–Crippen MR) is 109 cm³/mol. The maximum Gasteiger partial charge on any atom is 0.416 e. The highest BCUT2D eigenvalue weighted by Crippen LogP contribution is 2.29. The van der Waals surface area contributed by atoms with Gasteiger partial charge in [-0.2, -0.15) is 18.2 Å². The number of alkyl halides is 3. The third-order valence-electron chi connectivity index (χ3n) is 4.27. The van der Waals surface area contributed by atoms with Crippen LogP contribution < -0.4 is 5.32 Å². The fraction of sp³-hybridized carbons (Fsp3) is 0.238. The molecule has 2 aromatic carbocycles. The monoisotopic (exact) mass is 467 g/mol. The van der Waals surface area contributed by atoms with Crippen LogP contribution in [0.15, 0.2) is 53.1 Å². The molecule has 0 aliphatic heterocycles. The van der Waals surface area contributed by atoms with E-state index in [4.69, 9.17) is 20.9 Å². The summed E-state index contributed by atoms with van der Waals surface area (Å²) in [5.41, 5.74) is 0.00208. The molecular formula is C21H17ClF3N3O4. The molecule has 0 fully saturated rings. The molecule has 3 aromatic rings. The normalized spacial score (nSPS) is 12.3. The van der Waals surface area contributed by atoms with Crippen LogP contribution in [0, 0.1) is 0 Å². The Morgan fingerprint density at radius 1 is 1.12 bits per heavy atom. The van der Waals surface area contributed by atoms with Gasteiger partial charge in [0, 0.05) is 22.7 Å². The number of nitrogens with one attached hydrogen (secondary N) is 1. The number of hydrogen-bond acceptors (Lipinski definition) is 6. The summed E-state index contributed by atoms with van der Waals surface area (Å²) in [7, 11) is 0. The third kappa shape index (κ3) is 6.30. The molecule has 0 saturated heterocycles. The van der Waals surface area contributed by atoms with Crippen LogP contribution in [0.2, 0.25) is 5.02 Å². The van der Waals surface area contributed by atoms with Crippen molar-refractivity contribution < 1.29 is 32.0 Å². The van der Waals surface area contributed by atoms with Gasteiger partial charge in [-0.25, -0.2) is 0 Å². The van der Waals surface area contributed by atoms with Gasteiger partial charge >= 0.3 is 12.1 Å². The standard InChI is InChI=1S/C21H17ClF3N3O4/c1-12(20(30)26-16-8-4-14(5-9-16)21(23,24)25)31-18(29)11-10-17-27-19(28-32-17)13-2-6-15(22)7-3-13/h2-9,12H,10-11H2,1H3,(H,26,30). The fourth-order valence-electron chi connectivity index (χ4n) is 2.58. The molecule has 0 bridgehead atoms. The van der Waals surface area contributed by atoms with Crippen LogP contribution in [0.4, 0.5) is 18.9 Å². The van der Waals surface area contributed by atoms with Crippen molar-refractivity contribution in [3.63, 3.8) is 0 Å². The molecule has 7 nitrogen and oxygen atoms in total. The Bertz CT molecular complexity index is 1080. The summed E-state index contributed by atoms with van der Waals surface area (Å²) in [6, 6.07) is 10.7. The summed E-state index contributed by atoms with van der Waals surface area (Å²) in [6.07, 6.45) is -5.64. The first kappa shape index (κ1) is 23.3. The lowest BCUT2D eigenvalue weighted by molar-refractivity contribution is -0.153. The van der Waals surface area contributed by atoms with Crippen LogP contribution in [0.3, 0.4) is 0 Å². The fourth-order valence-corrected chi connectivity index (χ4v) is 2.70. The minimum absolute atomic E-state index is 0.104. The molecule has 0 spiro atoms. The Morgan fingerprint density at radius 3 is 2.41 bits per heavy atom. The smallest absolute Gasteiger partial charge is 0.416 e. The van der Waals surface area contributed by atoms with Crippen molar-refractivity contribution >= 4 is 29.2 Å². The van der Waals surface area contributed by atoms with E-state index < -0.39 is 29.7 Å². The molecule has 0 saturated carbocycles. The topological polar surface area (TPSA) is 94.3 Å². The minimum atomic E-state index is -4.47. The molecule has 1 atom stereocenters. The number of amides is 1. The number of benzene rings is 2. The van der Waals surface area contributed by atoms with E-state index in [1.807, 2.05) is 0 Å². The molecule has 0 aliphatic rings. The summed E-state index contributed by atoms with van der Waals surface area (Å²) < 4.78 is 47.9. The van der Waals surface area contributed by atoms with Gasteiger partial charge in [0.2, 0.25) is 11.7 Å². The predicted octanol–water partition coefficient (Wildman–Crippen LogP) is 4.91. The van der Waals surface area contributed by atoms with E-state index in [0.29, 0.717) is 16.4 Å². The number of anilines is 1. The summed E-state index contributed by atoms with van der Waals surface area (Å²) in [4.78, 5) is 28.3. The van der Waals surface area contributed by atoms with E-state index in [-0.39, 0.29) is 24.4 Å². The lowest BCUT2D eigenvalue weighted by atomic mass is 10.2. The molecule has 1 unspecified atom stereocenters. The van der Waals surface area contributed by atoms with Crippen molar-refractivity contribution in [2.24, 2.45) is 0 Å². The second-order valence-corrected chi connectivity index (χ2v) is 7.15. The minimum Gasteiger partial charge on any atom is -0.453 e. The molecular weight excluding hydrogens is 451 g/mol. The number of rotatable bonds is 7. The maximum absolute atomic E-state index is 12.6. The molecule has 168 valence electrons. The van der Waals surface area contributed by atoms with Crippen LogP contribution in [-0.4, -0.2) is 28.1 Å². The summed E-state index contributed by atoms with van der Waals surface area (Å²) in [5.74, 6) is -0.796. The highest BCUT2D eigenvalue weighted by atomic mass is 35.5. The Hall–Kier alpha value is -3.40. The zero-order valence-corrected chi connectivity index (χ0v) is 17.4. The van der Waals surface area contributed by atoms with E-state index in [9.17, 15) is 22.8 Å². The Labute approximate surface area is 185 Å². The summed E-state index contributed by atoms with van der Waals surface area (Å²) in [6.45, 7) is 1.35. The molecule has 1 heterocycles. The largest absolute Gasteiger partial charge is 0.453 e. The highest BCUT2D eigenvalue weighted by Gasteiger charge is 2.30. The Kier molecular flexibility index (Phi) is 7.14. The number of aryl methyl sites for hydroxylation is 1. The van der Waals surface area contributed by atoms with Crippen molar-refractivity contribution in [2.45, 2.75) is 32.0 Å². The van der Waals surface area contributed by atoms with E-state index in [1.54, 1.807) is 24.3 Å². The van der Waals surface area contributed by atoms with Crippen molar-refractivity contribution in [1.82, 2.24) is 10.1 Å². The molecule has 3 rings (SSSR count). The number of hydrogen-bond donors (Lipinski definition) is 1. The van der Waals surface area contributed by atoms with Crippen LogP contribution in [0.25, 0.3) is 11.4 Å². The quantitative estimate of drug-likeness (QED) is 0.496. The van der Waals surface area contributed by atoms with Crippen molar-refractivity contribution in [3.05, 3.63) is 65.0 Å². The molecule has 11 heteroatoms. The average molecular weight is 468 g/mol. The van der Waals surface area contributed by atoms with Crippen LogP contribution in [0.5, 0.6) is 0 Å². The lowest BCUT2D eigenvalue weighted by Crippen LogP contribution is -2.30. The molecule has 1 amide bonds. The number of ether oxygens (including phenoxy) is 1. The van der Waals surface area contributed by atoms with Gasteiger partial charge in [-0.05, 0) is 55.5 Å². The second kappa shape index (κ2) is 9.82. The van der Waals surface area contributed by atoms with Gasteiger partial charge in [-0.3, -0.25) is 9.59 Å². The van der Waals surface area contributed by atoms with Crippen LogP contribution >= 0.6 is 11.6 Å². The first-order valence-electron chi connectivity index (χ1n) is 9.38. The van der Waals surface area contributed by atoms with Crippen molar-refractivity contribution in [3.8, 4) is 11.4 Å². The first-order valence-corrected chi connectivity index (χ1v) is 9.76. The van der Waals surface area contributed by atoms with Crippen LogP contribution in [-0.2, 0) is 26.9 Å². The zero-order chi connectivity index (χ0) is 23.3.